The Kier molecular flexibility index (Phi) is 6.26. The second-order valence-electron chi connectivity index (χ2n) is 10.1. The number of fused-ring (bicyclic) bond motifs is 3. The van der Waals surface area contributed by atoms with Crippen LogP contribution in [0.25, 0.3) is 11.1 Å². The zero-order valence-electron chi connectivity index (χ0n) is 20.0. The number of hydrogen-bond acceptors (Lipinski definition) is 4. The highest BCUT2D eigenvalue weighted by Gasteiger charge is 2.59. The molecule has 0 radical (unpaired) electrons. The first-order chi connectivity index (χ1) is 16.9. The molecule has 7 nitrogen and oxygen atoms in total. The van der Waals surface area contributed by atoms with Crippen molar-refractivity contribution in [1.82, 2.24) is 10.2 Å². The van der Waals surface area contributed by atoms with Crippen LogP contribution < -0.4 is 5.32 Å². The van der Waals surface area contributed by atoms with Crippen molar-refractivity contribution in [2.75, 3.05) is 19.7 Å². The number of carboxylic acids is 1. The van der Waals surface area contributed by atoms with Crippen LogP contribution in [0.5, 0.6) is 0 Å². The minimum absolute atomic E-state index is 0.00169. The summed E-state index contributed by atoms with van der Waals surface area (Å²) < 4.78 is 5.64. The number of benzene rings is 2. The fourth-order valence-corrected chi connectivity index (χ4v) is 5.89. The van der Waals surface area contributed by atoms with E-state index in [1.54, 1.807) is 0 Å². The summed E-state index contributed by atoms with van der Waals surface area (Å²) in [5, 5.41) is 12.1. The van der Waals surface area contributed by atoms with E-state index in [1.807, 2.05) is 36.1 Å². The van der Waals surface area contributed by atoms with Crippen LogP contribution in [-0.2, 0) is 14.3 Å². The van der Waals surface area contributed by atoms with Crippen LogP contribution in [0.2, 0.25) is 0 Å². The van der Waals surface area contributed by atoms with Crippen molar-refractivity contribution in [3.63, 3.8) is 0 Å². The van der Waals surface area contributed by atoms with Gasteiger partial charge < -0.3 is 20.1 Å². The lowest BCUT2D eigenvalue weighted by atomic mass is 9.90. The van der Waals surface area contributed by atoms with E-state index in [0.717, 1.165) is 30.4 Å². The summed E-state index contributed by atoms with van der Waals surface area (Å²) in [5.74, 6) is -0.979. The van der Waals surface area contributed by atoms with E-state index in [9.17, 15) is 19.5 Å². The molecule has 1 aliphatic heterocycles. The number of nitrogens with zero attached hydrogens (tertiary/aromatic N) is 1. The molecule has 7 heteroatoms. The van der Waals surface area contributed by atoms with Gasteiger partial charge in [0.2, 0.25) is 5.91 Å². The van der Waals surface area contributed by atoms with Crippen molar-refractivity contribution in [3.05, 3.63) is 59.7 Å². The van der Waals surface area contributed by atoms with Gasteiger partial charge in [-0.15, -0.1) is 0 Å². The van der Waals surface area contributed by atoms with Gasteiger partial charge in [-0.05, 0) is 53.4 Å². The molecule has 184 valence electrons. The van der Waals surface area contributed by atoms with Gasteiger partial charge in [0.1, 0.15) is 6.61 Å². The second-order valence-corrected chi connectivity index (χ2v) is 10.1. The first-order valence-corrected chi connectivity index (χ1v) is 12.5. The van der Waals surface area contributed by atoms with Crippen LogP contribution in [0.1, 0.15) is 56.1 Å². The number of amides is 2. The van der Waals surface area contributed by atoms with Gasteiger partial charge in [-0.1, -0.05) is 55.5 Å². The fourth-order valence-electron chi connectivity index (χ4n) is 5.89. The number of piperidine rings is 1. The van der Waals surface area contributed by atoms with Crippen LogP contribution in [0.15, 0.2) is 48.5 Å². The molecule has 3 aliphatic rings. The van der Waals surface area contributed by atoms with Gasteiger partial charge in [-0.3, -0.25) is 9.59 Å². The number of alkyl carbamates (subject to hydrolysis) is 1. The fraction of sp³-hybridized carbons (Fsp3) is 0.464. The number of carboxylic acid groups (broad SMARTS) is 1. The number of nitrogens with one attached hydrogen (secondary N) is 1. The predicted molar refractivity (Wildman–Crippen MR) is 131 cm³/mol. The molecule has 1 spiro atoms. The average molecular weight is 477 g/mol. The highest BCUT2D eigenvalue weighted by molar-refractivity contribution is 5.80. The van der Waals surface area contributed by atoms with Crippen molar-refractivity contribution in [2.24, 2.45) is 11.3 Å². The van der Waals surface area contributed by atoms with Gasteiger partial charge >= 0.3 is 12.1 Å². The molecule has 5 rings (SSSR count). The van der Waals surface area contributed by atoms with Crippen molar-refractivity contribution >= 4 is 18.0 Å². The quantitative estimate of drug-likeness (QED) is 0.617. The maximum absolute atomic E-state index is 12.9. The number of hydrogen-bond donors (Lipinski definition) is 2. The molecule has 0 bridgehead atoms. The molecule has 1 unspecified atom stereocenters. The SMILES string of the molecule is CC[C@@H](CC(=O)N1CCC2(CC1)CC2C(=O)O)NC(=O)OCC1c2ccccc2-c2ccccc21. The van der Waals surface area contributed by atoms with Crippen molar-refractivity contribution in [2.45, 2.75) is 51.0 Å². The maximum Gasteiger partial charge on any atom is 0.407 e. The van der Waals surface area contributed by atoms with Crippen LogP contribution in [0.3, 0.4) is 0 Å². The van der Waals surface area contributed by atoms with Crippen molar-refractivity contribution < 1.29 is 24.2 Å². The number of rotatable bonds is 7. The lowest BCUT2D eigenvalue weighted by Gasteiger charge is -2.33. The van der Waals surface area contributed by atoms with Gasteiger partial charge in [-0.2, -0.15) is 0 Å². The van der Waals surface area contributed by atoms with Gasteiger partial charge in [0.05, 0.1) is 5.92 Å². The van der Waals surface area contributed by atoms with E-state index in [0.29, 0.717) is 19.5 Å². The highest BCUT2D eigenvalue weighted by Crippen LogP contribution is 2.59. The summed E-state index contributed by atoms with van der Waals surface area (Å²) in [6.07, 6.45) is 2.54. The molecule has 1 saturated heterocycles. The third-order valence-corrected chi connectivity index (χ3v) is 8.18. The largest absolute Gasteiger partial charge is 0.481 e. The number of carbonyl (C=O) groups is 3. The number of ether oxygens (including phenoxy) is 1. The van der Waals surface area contributed by atoms with E-state index in [4.69, 9.17) is 4.74 Å². The summed E-state index contributed by atoms with van der Waals surface area (Å²) in [6, 6.07) is 16.1. The molecule has 2 atom stereocenters. The Morgan fingerprint density at radius 3 is 2.20 bits per heavy atom. The monoisotopic (exact) mass is 476 g/mol. The number of aliphatic carboxylic acids is 1. The average Bonchev–Trinajstić information content (AvgIpc) is 3.48. The molecule has 0 aromatic heterocycles. The standard InChI is InChI=1S/C28H32N2O5/c1-2-18(15-25(31)30-13-11-28(12-14-30)16-24(28)26(32)33)29-27(34)35-17-23-21-9-5-3-7-19(21)20-8-4-6-10-22(20)23/h3-10,18,23-24H,2,11-17H2,1H3,(H,29,34)(H,32,33)/t18-,24?/m0/s1. The highest BCUT2D eigenvalue weighted by atomic mass is 16.5. The molecule has 2 aromatic rings. The Balaban J connectivity index is 1.12. The normalized spacial score (nSPS) is 20.6. The Hall–Kier alpha value is -3.35. The predicted octanol–water partition coefficient (Wildman–Crippen LogP) is 4.41. The van der Waals surface area contributed by atoms with Crippen LogP contribution in [0.4, 0.5) is 4.79 Å². The third kappa shape index (κ3) is 4.51. The molecule has 35 heavy (non-hydrogen) atoms. The smallest absolute Gasteiger partial charge is 0.407 e. The van der Waals surface area contributed by atoms with Crippen molar-refractivity contribution in [1.29, 1.82) is 0 Å². The van der Waals surface area contributed by atoms with E-state index < -0.39 is 12.1 Å². The Morgan fingerprint density at radius 2 is 1.66 bits per heavy atom. The Bertz CT molecular complexity index is 1090. The van der Waals surface area contributed by atoms with Gasteiger partial charge in [0.25, 0.3) is 0 Å². The molecule has 2 aliphatic carbocycles. The van der Waals surface area contributed by atoms with Gasteiger partial charge in [0.15, 0.2) is 0 Å². The summed E-state index contributed by atoms with van der Waals surface area (Å²) >= 11 is 0. The molecule has 2 amide bonds. The molecular formula is C28H32N2O5. The molecule has 1 saturated carbocycles. The zero-order valence-corrected chi connectivity index (χ0v) is 20.0. The summed E-state index contributed by atoms with van der Waals surface area (Å²) in [7, 11) is 0. The van der Waals surface area contributed by atoms with E-state index in [2.05, 4.69) is 29.6 Å². The van der Waals surface area contributed by atoms with Crippen molar-refractivity contribution in [3.8, 4) is 11.1 Å². The van der Waals surface area contributed by atoms with Crippen LogP contribution in [-0.4, -0.2) is 53.7 Å². The van der Waals surface area contributed by atoms with Crippen LogP contribution >= 0.6 is 0 Å². The number of likely N-dealkylation sites (tertiary alicyclic amines) is 1. The first-order valence-electron chi connectivity index (χ1n) is 12.5. The minimum atomic E-state index is -0.719. The minimum Gasteiger partial charge on any atom is -0.481 e. The Morgan fingerprint density at radius 1 is 1.06 bits per heavy atom. The Labute approximate surface area is 205 Å². The van der Waals surface area contributed by atoms with Gasteiger partial charge in [0, 0.05) is 31.5 Å². The van der Waals surface area contributed by atoms with E-state index in [-0.39, 0.29) is 42.2 Å². The summed E-state index contributed by atoms with van der Waals surface area (Å²) in [5.41, 5.74) is 4.57. The molecular weight excluding hydrogens is 444 g/mol. The van der Waals surface area contributed by atoms with E-state index >= 15 is 0 Å². The zero-order chi connectivity index (χ0) is 24.6. The lowest BCUT2D eigenvalue weighted by molar-refractivity contribution is -0.139. The summed E-state index contributed by atoms with van der Waals surface area (Å²) in [6.45, 7) is 3.35. The lowest BCUT2D eigenvalue weighted by Crippen LogP contribution is -2.44. The van der Waals surface area contributed by atoms with E-state index in [1.165, 1.54) is 11.1 Å². The molecule has 2 aromatic carbocycles. The van der Waals surface area contributed by atoms with Crippen LogP contribution in [0, 0.1) is 11.3 Å². The second kappa shape index (κ2) is 9.36. The number of carbonyl (C=O) groups excluding carboxylic acids is 2. The van der Waals surface area contributed by atoms with Gasteiger partial charge in [-0.25, -0.2) is 4.79 Å². The topological polar surface area (TPSA) is 95.9 Å². The third-order valence-electron chi connectivity index (χ3n) is 8.18. The first kappa shape index (κ1) is 23.4. The maximum atomic E-state index is 12.9. The molecule has 2 N–H and O–H groups in total. The summed E-state index contributed by atoms with van der Waals surface area (Å²) in [4.78, 5) is 38.6. The molecule has 1 heterocycles. The molecule has 2 fully saturated rings.